The highest BCUT2D eigenvalue weighted by Gasteiger charge is 2.28. The number of aromatic nitrogens is 4. The van der Waals surface area contributed by atoms with Gasteiger partial charge in [0, 0.05) is 23.1 Å². The number of fused-ring (bicyclic) bond motifs is 1. The molecule has 3 aromatic rings. The van der Waals surface area contributed by atoms with Gasteiger partial charge < -0.3 is 5.32 Å². The first-order chi connectivity index (χ1) is 11.9. The van der Waals surface area contributed by atoms with Crippen LogP contribution in [0.4, 0.5) is 0 Å². The topological polar surface area (TPSA) is 55.6 Å². The second kappa shape index (κ2) is 5.67. The van der Waals surface area contributed by atoms with E-state index in [-0.39, 0.29) is 0 Å². The average molecular weight is 319 g/mol. The van der Waals surface area contributed by atoms with E-state index >= 15 is 0 Å². The predicted octanol–water partition coefficient (Wildman–Crippen LogP) is 3.30. The number of rotatable bonds is 3. The van der Waals surface area contributed by atoms with Gasteiger partial charge in [0.25, 0.3) is 0 Å². The molecule has 1 N–H and O–H groups in total. The van der Waals surface area contributed by atoms with E-state index in [1.807, 2.05) is 24.7 Å². The van der Waals surface area contributed by atoms with Crippen molar-refractivity contribution in [3.05, 3.63) is 42.5 Å². The molecular weight excluding hydrogens is 298 g/mol. The molecule has 0 unspecified atom stereocenters. The average Bonchev–Trinajstić information content (AvgIpc) is 3.41. The summed E-state index contributed by atoms with van der Waals surface area (Å²) in [5, 5.41) is 9.24. The molecule has 2 fully saturated rings. The molecule has 1 saturated carbocycles. The molecule has 4 heterocycles. The summed E-state index contributed by atoms with van der Waals surface area (Å²) in [6.07, 6.45) is 10.6. The zero-order chi connectivity index (χ0) is 15.9. The molecule has 0 radical (unpaired) electrons. The first-order valence-corrected chi connectivity index (χ1v) is 8.89. The van der Waals surface area contributed by atoms with Crippen molar-refractivity contribution in [2.45, 2.75) is 37.6 Å². The van der Waals surface area contributed by atoms with E-state index in [1.54, 1.807) is 0 Å². The maximum absolute atomic E-state index is 4.76. The number of hydrogen-bond acceptors (Lipinski definition) is 4. The van der Waals surface area contributed by atoms with Gasteiger partial charge in [0.1, 0.15) is 0 Å². The first-order valence-electron chi connectivity index (χ1n) is 8.89. The summed E-state index contributed by atoms with van der Waals surface area (Å²) in [4.78, 5) is 9.37. The normalized spacial score (nSPS) is 19.0. The van der Waals surface area contributed by atoms with Crippen molar-refractivity contribution in [1.29, 1.82) is 0 Å². The minimum Gasteiger partial charge on any atom is -0.317 e. The molecule has 5 rings (SSSR count). The summed E-state index contributed by atoms with van der Waals surface area (Å²) < 4.78 is 2.16. The monoisotopic (exact) mass is 319 g/mol. The van der Waals surface area contributed by atoms with Gasteiger partial charge in [-0.2, -0.15) is 5.10 Å². The Morgan fingerprint density at radius 3 is 2.75 bits per heavy atom. The predicted molar refractivity (Wildman–Crippen MR) is 93.9 cm³/mol. The van der Waals surface area contributed by atoms with Crippen LogP contribution in [-0.4, -0.2) is 32.8 Å². The second-order valence-corrected chi connectivity index (χ2v) is 6.91. The maximum Gasteiger partial charge on any atom is 0.0869 e. The number of nitrogens with one attached hydrogen (secondary N) is 1. The number of pyridine rings is 2. The zero-order valence-corrected chi connectivity index (χ0v) is 13.7. The van der Waals surface area contributed by atoms with Crippen molar-refractivity contribution in [2.24, 2.45) is 0 Å². The van der Waals surface area contributed by atoms with Gasteiger partial charge in [-0.05, 0) is 57.0 Å². The molecule has 2 aliphatic rings. The largest absolute Gasteiger partial charge is 0.317 e. The van der Waals surface area contributed by atoms with Crippen LogP contribution in [0.25, 0.3) is 22.2 Å². The summed E-state index contributed by atoms with van der Waals surface area (Å²) in [6, 6.07) is 6.80. The molecule has 5 nitrogen and oxygen atoms in total. The van der Waals surface area contributed by atoms with Crippen LogP contribution < -0.4 is 5.32 Å². The number of piperidine rings is 1. The number of hydrogen-bond donors (Lipinski definition) is 1. The zero-order valence-electron chi connectivity index (χ0n) is 13.7. The quantitative estimate of drug-likeness (QED) is 0.805. The van der Waals surface area contributed by atoms with Crippen LogP contribution in [0, 0.1) is 0 Å². The van der Waals surface area contributed by atoms with Crippen LogP contribution in [0.3, 0.4) is 0 Å². The highest BCUT2D eigenvalue weighted by molar-refractivity contribution is 5.82. The van der Waals surface area contributed by atoms with Crippen LogP contribution >= 0.6 is 0 Å². The lowest BCUT2D eigenvalue weighted by Gasteiger charge is -2.23. The van der Waals surface area contributed by atoms with Crippen molar-refractivity contribution in [1.82, 2.24) is 25.1 Å². The van der Waals surface area contributed by atoms with Crippen molar-refractivity contribution >= 4 is 10.9 Å². The SMILES string of the molecule is c1cnc(C2CC2)c(-c2cc3cnn(C4CCNCC4)c3cn2)c1. The lowest BCUT2D eigenvalue weighted by Crippen LogP contribution is -2.29. The lowest BCUT2D eigenvalue weighted by molar-refractivity contribution is 0.351. The van der Waals surface area contributed by atoms with Crippen LogP contribution in [0.5, 0.6) is 0 Å². The Bertz CT molecular complexity index is 874. The Kier molecular flexibility index (Phi) is 3.33. The van der Waals surface area contributed by atoms with Gasteiger partial charge in [-0.3, -0.25) is 14.6 Å². The fraction of sp³-hybridized carbons (Fsp3) is 0.421. The van der Waals surface area contributed by atoms with Gasteiger partial charge in [0.15, 0.2) is 0 Å². The third-order valence-electron chi connectivity index (χ3n) is 5.22. The van der Waals surface area contributed by atoms with E-state index in [4.69, 9.17) is 4.98 Å². The Labute approximate surface area is 141 Å². The molecule has 1 aliphatic heterocycles. The van der Waals surface area contributed by atoms with Gasteiger partial charge >= 0.3 is 0 Å². The third-order valence-corrected chi connectivity index (χ3v) is 5.22. The van der Waals surface area contributed by atoms with Crippen LogP contribution in [-0.2, 0) is 0 Å². The molecule has 1 aliphatic carbocycles. The van der Waals surface area contributed by atoms with Crippen LogP contribution in [0.2, 0.25) is 0 Å². The van der Waals surface area contributed by atoms with Crippen molar-refractivity contribution in [3.8, 4) is 11.3 Å². The fourth-order valence-corrected chi connectivity index (χ4v) is 3.75. The molecule has 3 aromatic heterocycles. The van der Waals surface area contributed by atoms with Crippen LogP contribution in [0.15, 0.2) is 36.8 Å². The van der Waals surface area contributed by atoms with Gasteiger partial charge in [-0.15, -0.1) is 0 Å². The van der Waals surface area contributed by atoms with Crippen molar-refractivity contribution in [3.63, 3.8) is 0 Å². The highest BCUT2D eigenvalue weighted by atomic mass is 15.3. The molecule has 0 spiro atoms. The molecule has 0 amide bonds. The summed E-state index contributed by atoms with van der Waals surface area (Å²) in [6.45, 7) is 2.13. The summed E-state index contributed by atoms with van der Waals surface area (Å²) >= 11 is 0. The van der Waals surface area contributed by atoms with E-state index in [0.29, 0.717) is 12.0 Å². The molecule has 5 heteroatoms. The van der Waals surface area contributed by atoms with Crippen LogP contribution in [0.1, 0.15) is 43.3 Å². The molecule has 0 bridgehead atoms. The fourth-order valence-electron chi connectivity index (χ4n) is 3.75. The van der Waals surface area contributed by atoms with E-state index in [9.17, 15) is 0 Å². The Morgan fingerprint density at radius 2 is 1.92 bits per heavy atom. The smallest absolute Gasteiger partial charge is 0.0869 e. The van der Waals surface area contributed by atoms with E-state index in [1.165, 1.54) is 29.5 Å². The molecule has 24 heavy (non-hydrogen) atoms. The molecule has 0 aromatic carbocycles. The molecule has 0 atom stereocenters. The van der Waals surface area contributed by atoms with Gasteiger partial charge in [0.05, 0.1) is 35.3 Å². The van der Waals surface area contributed by atoms with Gasteiger partial charge in [-0.25, -0.2) is 0 Å². The summed E-state index contributed by atoms with van der Waals surface area (Å²) in [7, 11) is 0. The Hall–Kier alpha value is -2.27. The number of nitrogens with zero attached hydrogens (tertiary/aromatic N) is 4. The van der Waals surface area contributed by atoms with Crippen molar-refractivity contribution < 1.29 is 0 Å². The summed E-state index contributed by atoms with van der Waals surface area (Å²) in [5.41, 5.74) is 4.54. The molecular formula is C19H21N5. The van der Waals surface area contributed by atoms with E-state index in [0.717, 1.165) is 37.1 Å². The van der Waals surface area contributed by atoms with E-state index < -0.39 is 0 Å². The summed E-state index contributed by atoms with van der Waals surface area (Å²) in [5.74, 6) is 0.621. The third kappa shape index (κ3) is 2.40. The minimum atomic E-state index is 0.483. The highest BCUT2D eigenvalue weighted by Crippen LogP contribution is 2.43. The van der Waals surface area contributed by atoms with E-state index in [2.05, 4.69) is 32.2 Å². The second-order valence-electron chi connectivity index (χ2n) is 6.91. The molecule has 122 valence electrons. The standard InChI is InChI=1S/C19H21N5/c1-2-16(19(21-7-1)13-3-4-13)17-10-14-11-23-24(18(14)12-22-17)15-5-8-20-9-6-15/h1-2,7,10-13,15,20H,3-6,8-9H2. The molecule has 1 saturated heterocycles. The first kappa shape index (κ1) is 14.1. The van der Waals surface area contributed by atoms with Gasteiger partial charge in [0.2, 0.25) is 0 Å². The Balaban J connectivity index is 1.55. The maximum atomic E-state index is 4.76. The Morgan fingerprint density at radius 1 is 1.04 bits per heavy atom. The lowest BCUT2D eigenvalue weighted by atomic mass is 10.0. The van der Waals surface area contributed by atoms with Gasteiger partial charge in [-0.1, -0.05) is 0 Å². The minimum absolute atomic E-state index is 0.483. The van der Waals surface area contributed by atoms with Crippen molar-refractivity contribution in [2.75, 3.05) is 13.1 Å².